The second kappa shape index (κ2) is 6.23. The summed E-state index contributed by atoms with van der Waals surface area (Å²) in [7, 11) is 0. The Balaban J connectivity index is 2.50. The van der Waals surface area contributed by atoms with E-state index >= 15 is 0 Å². The molecule has 1 atom stereocenters. The first-order chi connectivity index (χ1) is 7.63. The van der Waals surface area contributed by atoms with E-state index in [2.05, 4.69) is 4.98 Å². The molecule has 0 aliphatic heterocycles. The van der Waals surface area contributed by atoms with Gasteiger partial charge in [-0.2, -0.15) is 0 Å². The number of ketones is 1. The van der Waals surface area contributed by atoms with Crippen LogP contribution in [0.25, 0.3) is 0 Å². The van der Waals surface area contributed by atoms with Crippen molar-refractivity contribution in [3.05, 3.63) is 23.9 Å². The molecule has 0 fully saturated rings. The SMILES string of the molecule is CC(CCCN)C(=O)Cc1ccnc(N)c1. The number of nitrogens with two attached hydrogens (primary N) is 2. The Bertz CT molecular complexity index is 352. The van der Waals surface area contributed by atoms with Crippen LogP contribution in [0.5, 0.6) is 0 Å². The van der Waals surface area contributed by atoms with Crippen molar-refractivity contribution in [1.82, 2.24) is 4.98 Å². The van der Waals surface area contributed by atoms with Crippen LogP contribution >= 0.6 is 0 Å². The van der Waals surface area contributed by atoms with Crippen molar-refractivity contribution in [2.75, 3.05) is 12.3 Å². The summed E-state index contributed by atoms with van der Waals surface area (Å²) in [6.07, 6.45) is 3.81. The van der Waals surface area contributed by atoms with Gasteiger partial charge in [-0.25, -0.2) is 4.98 Å². The number of nitrogens with zero attached hydrogens (tertiary/aromatic N) is 1. The first kappa shape index (κ1) is 12.6. The molecule has 0 aromatic carbocycles. The van der Waals surface area contributed by atoms with E-state index in [1.807, 2.05) is 13.0 Å². The smallest absolute Gasteiger partial charge is 0.140 e. The molecule has 0 saturated heterocycles. The van der Waals surface area contributed by atoms with Gasteiger partial charge in [0.15, 0.2) is 0 Å². The number of anilines is 1. The predicted octanol–water partition coefficient (Wildman–Crippen LogP) is 1.15. The average molecular weight is 221 g/mol. The highest BCUT2D eigenvalue weighted by Crippen LogP contribution is 2.11. The van der Waals surface area contributed by atoms with Crippen LogP contribution in [0.15, 0.2) is 18.3 Å². The van der Waals surface area contributed by atoms with Gasteiger partial charge in [0, 0.05) is 18.5 Å². The van der Waals surface area contributed by atoms with Crippen molar-refractivity contribution >= 4 is 11.6 Å². The van der Waals surface area contributed by atoms with E-state index in [1.165, 1.54) is 0 Å². The van der Waals surface area contributed by atoms with Crippen LogP contribution in [0.4, 0.5) is 5.82 Å². The summed E-state index contributed by atoms with van der Waals surface area (Å²) in [5, 5.41) is 0. The Morgan fingerprint density at radius 3 is 2.94 bits per heavy atom. The fourth-order valence-corrected chi connectivity index (χ4v) is 1.56. The van der Waals surface area contributed by atoms with E-state index in [1.54, 1.807) is 12.3 Å². The van der Waals surface area contributed by atoms with Gasteiger partial charge in [-0.05, 0) is 37.1 Å². The molecule has 0 aliphatic rings. The summed E-state index contributed by atoms with van der Waals surface area (Å²) >= 11 is 0. The highest BCUT2D eigenvalue weighted by Gasteiger charge is 2.12. The molecule has 88 valence electrons. The van der Waals surface area contributed by atoms with E-state index < -0.39 is 0 Å². The zero-order valence-corrected chi connectivity index (χ0v) is 9.65. The van der Waals surface area contributed by atoms with Crippen molar-refractivity contribution in [2.45, 2.75) is 26.2 Å². The second-order valence-electron chi connectivity index (χ2n) is 4.06. The third-order valence-corrected chi connectivity index (χ3v) is 2.61. The number of pyridine rings is 1. The molecular weight excluding hydrogens is 202 g/mol. The van der Waals surface area contributed by atoms with E-state index in [0.717, 1.165) is 18.4 Å². The van der Waals surface area contributed by atoms with Crippen molar-refractivity contribution in [3.8, 4) is 0 Å². The molecule has 0 bridgehead atoms. The van der Waals surface area contributed by atoms with Crippen LogP contribution in [-0.4, -0.2) is 17.3 Å². The Morgan fingerprint density at radius 1 is 1.56 bits per heavy atom. The quantitative estimate of drug-likeness (QED) is 0.755. The third kappa shape index (κ3) is 3.98. The van der Waals surface area contributed by atoms with Crippen LogP contribution in [-0.2, 0) is 11.2 Å². The molecule has 4 N–H and O–H groups in total. The zero-order chi connectivity index (χ0) is 12.0. The summed E-state index contributed by atoms with van der Waals surface area (Å²) in [5.41, 5.74) is 11.9. The molecular formula is C12H19N3O. The minimum absolute atomic E-state index is 0.0675. The summed E-state index contributed by atoms with van der Waals surface area (Å²) in [6.45, 7) is 2.59. The lowest BCUT2D eigenvalue weighted by atomic mass is 9.96. The number of rotatable bonds is 6. The number of aromatic nitrogens is 1. The molecule has 0 aliphatic carbocycles. The van der Waals surface area contributed by atoms with Crippen LogP contribution in [0, 0.1) is 5.92 Å². The molecule has 1 rings (SSSR count). The molecule has 1 unspecified atom stereocenters. The molecule has 0 radical (unpaired) electrons. The van der Waals surface area contributed by atoms with Gasteiger partial charge >= 0.3 is 0 Å². The number of carbonyl (C=O) groups is 1. The van der Waals surface area contributed by atoms with Crippen molar-refractivity contribution < 1.29 is 4.79 Å². The number of Topliss-reactive ketones (excluding diaryl/α,β-unsaturated/α-hetero) is 1. The topological polar surface area (TPSA) is 82.0 Å². The third-order valence-electron chi connectivity index (χ3n) is 2.61. The van der Waals surface area contributed by atoms with Gasteiger partial charge in [0.1, 0.15) is 11.6 Å². The Morgan fingerprint density at radius 2 is 2.31 bits per heavy atom. The van der Waals surface area contributed by atoms with Gasteiger partial charge in [0.2, 0.25) is 0 Å². The lowest BCUT2D eigenvalue weighted by molar-refractivity contribution is -0.121. The molecule has 0 spiro atoms. The maximum absolute atomic E-state index is 11.8. The lowest BCUT2D eigenvalue weighted by Gasteiger charge is -2.09. The maximum atomic E-state index is 11.8. The number of nitrogen functional groups attached to an aromatic ring is 1. The monoisotopic (exact) mass is 221 g/mol. The van der Waals surface area contributed by atoms with Crippen LogP contribution < -0.4 is 11.5 Å². The minimum Gasteiger partial charge on any atom is -0.384 e. The van der Waals surface area contributed by atoms with Gasteiger partial charge in [0.05, 0.1) is 0 Å². The van der Waals surface area contributed by atoms with E-state index in [0.29, 0.717) is 18.8 Å². The number of hydrogen-bond donors (Lipinski definition) is 2. The van der Waals surface area contributed by atoms with E-state index in [4.69, 9.17) is 11.5 Å². The average Bonchev–Trinajstić information content (AvgIpc) is 2.25. The molecule has 1 heterocycles. The van der Waals surface area contributed by atoms with Crippen LogP contribution in [0.2, 0.25) is 0 Å². The number of hydrogen-bond acceptors (Lipinski definition) is 4. The van der Waals surface area contributed by atoms with Gasteiger partial charge in [0.25, 0.3) is 0 Å². The molecule has 4 nitrogen and oxygen atoms in total. The van der Waals surface area contributed by atoms with Gasteiger partial charge < -0.3 is 11.5 Å². The highest BCUT2D eigenvalue weighted by atomic mass is 16.1. The molecule has 0 amide bonds. The van der Waals surface area contributed by atoms with E-state index in [9.17, 15) is 4.79 Å². The molecule has 4 heteroatoms. The largest absolute Gasteiger partial charge is 0.384 e. The van der Waals surface area contributed by atoms with Crippen molar-refractivity contribution in [2.24, 2.45) is 11.7 Å². The molecule has 16 heavy (non-hydrogen) atoms. The van der Waals surface area contributed by atoms with Gasteiger partial charge in [-0.3, -0.25) is 4.79 Å². The fraction of sp³-hybridized carbons (Fsp3) is 0.500. The summed E-state index contributed by atoms with van der Waals surface area (Å²) < 4.78 is 0. The summed E-state index contributed by atoms with van der Waals surface area (Å²) in [4.78, 5) is 15.7. The standard InChI is InChI=1S/C12H19N3O/c1-9(3-2-5-13)11(16)7-10-4-6-15-12(14)8-10/h4,6,8-9H,2-3,5,7,13H2,1H3,(H2,14,15). The van der Waals surface area contributed by atoms with Gasteiger partial charge in [-0.15, -0.1) is 0 Å². The maximum Gasteiger partial charge on any atom is 0.140 e. The molecule has 0 saturated carbocycles. The summed E-state index contributed by atoms with van der Waals surface area (Å²) in [5.74, 6) is 0.761. The Kier molecular flexibility index (Phi) is 4.92. The van der Waals surface area contributed by atoms with Crippen molar-refractivity contribution in [3.63, 3.8) is 0 Å². The minimum atomic E-state index is 0.0675. The summed E-state index contributed by atoms with van der Waals surface area (Å²) in [6, 6.07) is 3.57. The zero-order valence-electron chi connectivity index (χ0n) is 9.65. The second-order valence-corrected chi connectivity index (χ2v) is 4.06. The lowest BCUT2D eigenvalue weighted by Crippen LogP contribution is -2.15. The van der Waals surface area contributed by atoms with Crippen LogP contribution in [0.1, 0.15) is 25.3 Å². The molecule has 1 aromatic rings. The van der Waals surface area contributed by atoms with Gasteiger partial charge in [-0.1, -0.05) is 6.92 Å². The molecule has 1 aromatic heterocycles. The van der Waals surface area contributed by atoms with Crippen molar-refractivity contribution in [1.29, 1.82) is 0 Å². The van der Waals surface area contributed by atoms with E-state index in [-0.39, 0.29) is 11.7 Å². The fourth-order valence-electron chi connectivity index (χ4n) is 1.56. The normalized spacial score (nSPS) is 12.4. The van der Waals surface area contributed by atoms with Crippen LogP contribution in [0.3, 0.4) is 0 Å². The predicted molar refractivity (Wildman–Crippen MR) is 64.8 cm³/mol. The first-order valence-corrected chi connectivity index (χ1v) is 5.56. The Labute approximate surface area is 96.0 Å². The first-order valence-electron chi connectivity index (χ1n) is 5.56. The number of carbonyl (C=O) groups excluding carboxylic acids is 1. The Hall–Kier alpha value is -1.42. The highest BCUT2D eigenvalue weighted by molar-refractivity contribution is 5.83.